The highest BCUT2D eigenvalue weighted by molar-refractivity contribution is 5.71. The number of nitrogens with zero attached hydrogens (tertiary/aromatic N) is 3. The lowest BCUT2D eigenvalue weighted by Gasteiger charge is -2.45. The molecule has 0 spiro atoms. The van der Waals surface area contributed by atoms with Crippen LogP contribution in [0.25, 0.3) is 5.69 Å². The van der Waals surface area contributed by atoms with Crippen LogP contribution in [0.5, 0.6) is 0 Å². The van der Waals surface area contributed by atoms with Gasteiger partial charge in [-0.3, -0.25) is 4.90 Å². The third kappa shape index (κ3) is 3.24. The van der Waals surface area contributed by atoms with E-state index in [1.54, 1.807) is 10.7 Å². The van der Waals surface area contributed by atoms with Crippen molar-refractivity contribution in [3.8, 4) is 5.69 Å². The smallest absolute Gasteiger partial charge is 0.411 e. The minimum Gasteiger partial charge on any atom is -0.444 e. The fourth-order valence-corrected chi connectivity index (χ4v) is 4.95. The van der Waals surface area contributed by atoms with Gasteiger partial charge in [-0.25, -0.2) is 13.9 Å². The van der Waals surface area contributed by atoms with E-state index in [0.717, 1.165) is 54.6 Å². The van der Waals surface area contributed by atoms with Crippen LogP contribution in [0, 0.1) is 5.82 Å². The highest BCUT2D eigenvalue weighted by Crippen LogP contribution is 2.46. The van der Waals surface area contributed by atoms with Crippen molar-refractivity contribution < 1.29 is 13.9 Å². The van der Waals surface area contributed by atoms with E-state index in [-0.39, 0.29) is 24.0 Å². The number of piperidine rings is 1. The summed E-state index contributed by atoms with van der Waals surface area (Å²) in [4.78, 5) is 14.9. The van der Waals surface area contributed by atoms with Crippen LogP contribution in [-0.4, -0.2) is 32.4 Å². The van der Waals surface area contributed by atoms with Crippen molar-refractivity contribution in [2.24, 2.45) is 0 Å². The highest BCUT2D eigenvalue weighted by Gasteiger charge is 2.45. The van der Waals surface area contributed by atoms with E-state index in [0.29, 0.717) is 18.2 Å². The normalized spacial score (nSPS) is 23.3. The lowest BCUT2D eigenvalue weighted by Crippen LogP contribution is -2.51. The average Bonchev–Trinajstić information content (AvgIpc) is 3.44. The van der Waals surface area contributed by atoms with Gasteiger partial charge in [0.15, 0.2) is 0 Å². The fourth-order valence-electron chi connectivity index (χ4n) is 4.95. The van der Waals surface area contributed by atoms with Gasteiger partial charge in [-0.05, 0) is 82.6 Å². The van der Waals surface area contributed by atoms with Gasteiger partial charge in [0.1, 0.15) is 17.2 Å². The van der Waals surface area contributed by atoms with E-state index in [4.69, 9.17) is 15.6 Å². The molecule has 6 nitrogen and oxygen atoms in total. The zero-order valence-corrected chi connectivity index (χ0v) is 17.8. The van der Waals surface area contributed by atoms with Crippen LogP contribution in [0.15, 0.2) is 18.2 Å². The quantitative estimate of drug-likeness (QED) is 0.765. The number of nitrogens with two attached hydrogens (primary N) is 1. The molecule has 1 aromatic heterocycles. The topological polar surface area (TPSA) is 73.4 Å². The second-order valence-corrected chi connectivity index (χ2v) is 9.83. The average molecular weight is 413 g/mol. The number of hydrogen-bond acceptors (Lipinski definition) is 4. The fraction of sp³-hybridized carbons (Fsp3) is 0.565. The van der Waals surface area contributed by atoms with E-state index >= 15 is 0 Å². The van der Waals surface area contributed by atoms with E-state index in [1.165, 1.54) is 6.07 Å². The number of carbonyl (C=O) groups excluding carboxylic acids is 1. The summed E-state index contributed by atoms with van der Waals surface area (Å²) in [5.41, 5.74) is 9.44. The number of carbonyl (C=O) groups is 1. The summed E-state index contributed by atoms with van der Waals surface area (Å²) >= 11 is 0. The molecule has 2 bridgehead atoms. The Kier molecular flexibility index (Phi) is 4.35. The molecule has 30 heavy (non-hydrogen) atoms. The first-order valence-electron chi connectivity index (χ1n) is 10.9. The van der Waals surface area contributed by atoms with Crippen LogP contribution in [0.4, 0.5) is 15.0 Å². The van der Waals surface area contributed by atoms with E-state index in [9.17, 15) is 9.18 Å². The number of rotatable bonds is 2. The van der Waals surface area contributed by atoms with E-state index < -0.39 is 5.60 Å². The Morgan fingerprint density at radius 2 is 2.00 bits per heavy atom. The van der Waals surface area contributed by atoms with Gasteiger partial charge in [-0.2, -0.15) is 5.10 Å². The Morgan fingerprint density at radius 1 is 1.23 bits per heavy atom. The summed E-state index contributed by atoms with van der Waals surface area (Å²) < 4.78 is 21.7. The van der Waals surface area contributed by atoms with E-state index in [1.807, 2.05) is 31.7 Å². The van der Waals surface area contributed by atoms with Crippen LogP contribution in [-0.2, 0) is 11.2 Å². The molecule has 1 saturated heterocycles. The number of nitrogen functional groups attached to an aromatic ring is 1. The maximum Gasteiger partial charge on any atom is 0.411 e. The Balaban J connectivity index is 1.53. The number of halogens is 1. The molecule has 2 aliphatic heterocycles. The summed E-state index contributed by atoms with van der Waals surface area (Å²) in [6.07, 6.45) is 5.26. The molecule has 2 fully saturated rings. The first-order chi connectivity index (χ1) is 14.2. The van der Waals surface area contributed by atoms with Gasteiger partial charge >= 0.3 is 6.09 Å². The van der Waals surface area contributed by atoms with Crippen molar-refractivity contribution >= 4 is 11.9 Å². The maximum absolute atomic E-state index is 14.2. The Morgan fingerprint density at radius 3 is 2.70 bits per heavy atom. The molecule has 2 N–H and O–H groups in total. The summed E-state index contributed by atoms with van der Waals surface area (Å²) in [7, 11) is 0. The van der Waals surface area contributed by atoms with Crippen LogP contribution >= 0.6 is 0 Å². The molecular formula is C23H29FN4O2. The second kappa shape index (κ2) is 6.72. The predicted molar refractivity (Wildman–Crippen MR) is 112 cm³/mol. The Bertz CT molecular complexity index is 1010. The number of anilines is 1. The van der Waals surface area contributed by atoms with Gasteiger partial charge in [-0.15, -0.1) is 0 Å². The van der Waals surface area contributed by atoms with Gasteiger partial charge in [0, 0.05) is 18.0 Å². The number of hydrogen-bond donors (Lipinski definition) is 1. The largest absolute Gasteiger partial charge is 0.444 e. The van der Waals surface area contributed by atoms with Crippen LogP contribution in [0.2, 0.25) is 0 Å². The molecular weight excluding hydrogens is 383 g/mol. The Hall–Kier alpha value is -2.57. The molecule has 3 heterocycles. The van der Waals surface area contributed by atoms with Gasteiger partial charge in [-0.1, -0.05) is 0 Å². The lowest BCUT2D eigenvalue weighted by atomic mass is 9.83. The zero-order valence-electron chi connectivity index (χ0n) is 17.8. The summed E-state index contributed by atoms with van der Waals surface area (Å²) in [6.45, 7) is 5.65. The van der Waals surface area contributed by atoms with Crippen LogP contribution < -0.4 is 5.73 Å². The predicted octanol–water partition coefficient (Wildman–Crippen LogP) is 4.86. The minimum atomic E-state index is -0.547. The molecule has 1 aromatic carbocycles. The maximum atomic E-state index is 14.2. The SMILES string of the molecule is CC(C)(C)OC(=O)N1C2CCCC1c1c(nn(-c3ccc(F)c(C4CC4)c3)c1N)C2. The number of ether oxygens (including phenoxy) is 1. The van der Waals surface area contributed by atoms with Gasteiger partial charge in [0.2, 0.25) is 0 Å². The Labute approximate surface area is 176 Å². The summed E-state index contributed by atoms with van der Waals surface area (Å²) in [5, 5.41) is 4.81. The van der Waals surface area contributed by atoms with Crippen molar-refractivity contribution in [3.05, 3.63) is 40.8 Å². The molecule has 2 aromatic rings. The lowest BCUT2D eigenvalue weighted by molar-refractivity contribution is -0.00960. The summed E-state index contributed by atoms with van der Waals surface area (Å²) in [5.74, 6) is 0.680. The van der Waals surface area contributed by atoms with E-state index in [2.05, 4.69) is 0 Å². The number of aromatic nitrogens is 2. The number of amides is 1. The van der Waals surface area contributed by atoms with Crippen molar-refractivity contribution in [2.45, 2.75) is 82.9 Å². The number of fused-ring (bicyclic) bond motifs is 4. The monoisotopic (exact) mass is 412 g/mol. The molecule has 160 valence electrons. The second-order valence-electron chi connectivity index (χ2n) is 9.83. The highest BCUT2D eigenvalue weighted by atomic mass is 19.1. The third-order valence-electron chi connectivity index (χ3n) is 6.39. The molecule has 2 unspecified atom stereocenters. The van der Waals surface area contributed by atoms with Crippen molar-refractivity contribution in [1.29, 1.82) is 0 Å². The molecule has 1 aliphatic carbocycles. The molecule has 7 heteroatoms. The zero-order chi connectivity index (χ0) is 21.2. The van der Waals surface area contributed by atoms with Gasteiger partial charge < -0.3 is 10.5 Å². The van der Waals surface area contributed by atoms with Crippen LogP contribution in [0.3, 0.4) is 0 Å². The number of benzene rings is 1. The third-order valence-corrected chi connectivity index (χ3v) is 6.39. The first-order valence-corrected chi connectivity index (χ1v) is 10.9. The molecule has 1 amide bonds. The summed E-state index contributed by atoms with van der Waals surface area (Å²) in [6, 6.07) is 5.06. The molecule has 1 saturated carbocycles. The molecule has 2 atom stereocenters. The van der Waals surface area contributed by atoms with Crippen molar-refractivity contribution in [3.63, 3.8) is 0 Å². The van der Waals surface area contributed by atoms with Crippen molar-refractivity contribution in [2.75, 3.05) is 5.73 Å². The minimum absolute atomic E-state index is 0.0732. The standard InChI is InChI=1S/C23H29FN4O2/c1-23(2,3)30-22(29)27-14-5-4-6-19(27)20-18(12-14)26-28(21(20)25)15-9-10-17(24)16(11-15)13-7-8-13/h9-11,13-14,19H,4-8,12,25H2,1-3H3. The van der Waals surface area contributed by atoms with Crippen LogP contribution in [0.1, 0.15) is 81.7 Å². The molecule has 0 radical (unpaired) electrons. The first kappa shape index (κ1) is 19.4. The van der Waals surface area contributed by atoms with Crippen molar-refractivity contribution in [1.82, 2.24) is 14.7 Å². The van der Waals surface area contributed by atoms with Gasteiger partial charge in [0.25, 0.3) is 0 Å². The molecule has 5 rings (SSSR count). The van der Waals surface area contributed by atoms with Gasteiger partial charge in [0.05, 0.1) is 17.4 Å². The molecule has 3 aliphatic rings.